The lowest BCUT2D eigenvalue weighted by molar-refractivity contribution is -0.110. The zero-order valence-electron chi connectivity index (χ0n) is 10.3. The van der Waals surface area contributed by atoms with Crippen molar-refractivity contribution < 1.29 is 9.47 Å². The molecule has 5 nitrogen and oxygen atoms in total. The molecule has 0 aliphatic carbocycles. The zero-order chi connectivity index (χ0) is 11.8. The minimum absolute atomic E-state index is 0.332. The lowest BCUT2D eigenvalue weighted by Crippen LogP contribution is -2.17. The Labute approximate surface area is 96.8 Å². The van der Waals surface area contributed by atoms with E-state index >= 15 is 0 Å². The molecule has 1 aromatic heterocycles. The van der Waals surface area contributed by atoms with Gasteiger partial charge in [-0.1, -0.05) is 6.92 Å². The Hall–Kier alpha value is -0.910. The summed E-state index contributed by atoms with van der Waals surface area (Å²) in [7, 11) is 3.26. The van der Waals surface area contributed by atoms with Crippen molar-refractivity contribution in [2.45, 2.75) is 26.2 Å². The minimum atomic E-state index is -0.332. The van der Waals surface area contributed by atoms with Gasteiger partial charge in [0.05, 0.1) is 18.2 Å². The van der Waals surface area contributed by atoms with Crippen molar-refractivity contribution >= 4 is 0 Å². The van der Waals surface area contributed by atoms with E-state index in [1.807, 2.05) is 6.33 Å². The van der Waals surface area contributed by atoms with Crippen LogP contribution in [0.15, 0.2) is 12.5 Å². The monoisotopic (exact) mass is 227 g/mol. The van der Waals surface area contributed by atoms with Crippen molar-refractivity contribution in [3.63, 3.8) is 0 Å². The molecule has 0 bridgehead atoms. The van der Waals surface area contributed by atoms with E-state index in [1.165, 1.54) is 0 Å². The first kappa shape index (κ1) is 13.2. The SMILES string of the molecule is CCNCCCn1cncc1C(OC)OC. The summed E-state index contributed by atoms with van der Waals surface area (Å²) in [4.78, 5) is 4.12. The number of methoxy groups -OCH3 is 2. The van der Waals surface area contributed by atoms with Gasteiger partial charge in [0.25, 0.3) is 0 Å². The first-order valence-corrected chi connectivity index (χ1v) is 5.59. The van der Waals surface area contributed by atoms with E-state index in [0.717, 1.165) is 31.7 Å². The normalized spacial score (nSPS) is 11.2. The third-order valence-electron chi connectivity index (χ3n) is 2.42. The maximum absolute atomic E-state index is 5.21. The molecule has 1 rings (SSSR count). The van der Waals surface area contributed by atoms with Gasteiger partial charge in [0, 0.05) is 20.8 Å². The highest BCUT2D eigenvalue weighted by atomic mass is 16.7. The molecule has 0 unspecified atom stereocenters. The molecule has 0 amide bonds. The van der Waals surface area contributed by atoms with Crippen molar-refractivity contribution in [2.75, 3.05) is 27.3 Å². The molecule has 0 saturated heterocycles. The number of nitrogens with one attached hydrogen (secondary N) is 1. The molecular formula is C11H21N3O2. The van der Waals surface area contributed by atoms with E-state index in [-0.39, 0.29) is 6.29 Å². The van der Waals surface area contributed by atoms with Crippen molar-refractivity contribution in [2.24, 2.45) is 0 Å². The average molecular weight is 227 g/mol. The molecule has 1 heterocycles. The molecule has 0 aliphatic heterocycles. The highest BCUT2D eigenvalue weighted by Crippen LogP contribution is 2.16. The average Bonchev–Trinajstić information content (AvgIpc) is 2.75. The van der Waals surface area contributed by atoms with Crippen LogP contribution >= 0.6 is 0 Å². The smallest absolute Gasteiger partial charge is 0.200 e. The van der Waals surface area contributed by atoms with Crippen LogP contribution in [-0.2, 0) is 16.0 Å². The van der Waals surface area contributed by atoms with Crippen LogP contribution in [0.25, 0.3) is 0 Å². The predicted octanol–water partition coefficient (Wildman–Crippen LogP) is 1.17. The molecule has 0 saturated carbocycles. The number of rotatable bonds is 8. The molecule has 0 aliphatic rings. The highest BCUT2D eigenvalue weighted by Gasteiger charge is 2.13. The van der Waals surface area contributed by atoms with Gasteiger partial charge in [0.1, 0.15) is 0 Å². The summed E-state index contributed by atoms with van der Waals surface area (Å²) in [5.74, 6) is 0. The molecule has 5 heteroatoms. The Morgan fingerprint density at radius 2 is 2.19 bits per heavy atom. The number of hydrogen-bond donors (Lipinski definition) is 1. The van der Waals surface area contributed by atoms with Crippen LogP contribution in [0.3, 0.4) is 0 Å². The van der Waals surface area contributed by atoms with E-state index in [0.29, 0.717) is 0 Å². The summed E-state index contributed by atoms with van der Waals surface area (Å²) in [5, 5.41) is 3.29. The van der Waals surface area contributed by atoms with Gasteiger partial charge in [-0.25, -0.2) is 4.98 Å². The van der Waals surface area contributed by atoms with E-state index in [1.54, 1.807) is 20.4 Å². The van der Waals surface area contributed by atoms with Crippen LogP contribution in [0.5, 0.6) is 0 Å². The van der Waals surface area contributed by atoms with Crippen molar-refractivity contribution in [3.8, 4) is 0 Å². The highest BCUT2D eigenvalue weighted by molar-refractivity contribution is 5.00. The Morgan fingerprint density at radius 1 is 1.44 bits per heavy atom. The third-order valence-corrected chi connectivity index (χ3v) is 2.42. The van der Waals surface area contributed by atoms with E-state index in [9.17, 15) is 0 Å². The fourth-order valence-corrected chi connectivity index (χ4v) is 1.60. The third kappa shape index (κ3) is 3.59. The number of hydrogen-bond acceptors (Lipinski definition) is 4. The molecular weight excluding hydrogens is 206 g/mol. The van der Waals surface area contributed by atoms with Gasteiger partial charge in [0.2, 0.25) is 0 Å². The standard InChI is InChI=1S/C11H21N3O2/c1-4-12-6-5-7-14-9-13-8-10(14)11(15-2)16-3/h8-9,11-12H,4-7H2,1-3H3. The molecule has 16 heavy (non-hydrogen) atoms. The lowest BCUT2D eigenvalue weighted by atomic mass is 10.3. The van der Waals surface area contributed by atoms with Gasteiger partial charge in [0.15, 0.2) is 6.29 Å². The fraction of sp³-hybridized carbons (Fsp3) is 0.727. The molecule has 1 N–H and O–H groups in total. The summed E-state index contributed by atoms with van der Waals surface area (Å²) >= 11 is 0. The van der Waals surface area contributed by atoms with E-state index < -0.39 is 0 Å². The minimum Gasteiger partial charge on any atom is -0.350 e. The molecule has 1 aromatic rings. The molecule has 0 aromatic carbocycles. The second-order valence-corrected chi connectivity index (χ2v) is 3.52. The summed E-state index contributed by atoms with van der Waals surface area (Å²) in [6.07, 6.45) is 4.33. The van der Waals surface area contributed by atoms with Crippen LogP contribution in [0.4, 0.5) is 0 Å². The van der Waals surface area contributed by atoms with Gasteiger partial charge in [-0.05, 0) is 19.5 Å². The van der Waals surface area contributed by atoms with Crippen LogP contribution < -0.4 is 5.32 Å². The van der Waals surface area contributed by atoms with Crippen molar-refractivity contribution in [3.05, 3.63) is 18.2 Å². The summed E-state index contributed by atoms with van der Waals surface area (Å²) in [6.45, 7) is 5.05. The number of nitrogens with zero attached hydrogens (tertiary/aromatic N) is 2. The Kier molecular flexibility index (Phi) is 6.07. The molecule has 0 radical (unpaired) electrons. The summed E-state index contributed by atoms with van der Waals surface area (Å²) in [5.41, 5.74) is 0.960. The number of aromatic nitrogens is 2. The Balaban J connectivity index is 2.49. The molecule has 0 atom stereocenters. The maximum atomic E-state index is 5.21. The van der Waals surface area contributed by atoms with Crippen LogP contribution in [0.2, 0.25) is 0 Å². The summed E-state index contributed by atoms with van der Waals surface area (Å²) in [6, 6.07) is 0. The quantitative estimate of drug-likeness (QED) is 0.535. The lowest BCUT2D eigenvalue weighted by Gasteiger charge is -2.15. The number of ether oxygens (including phenoxy) is 2. The number of aryl methyl sites for hydroxylation is 1. The second kappa shape index (κ2) is 7.38. The Morgan fingerprint density at radius 3 is 2.81 bits per heavy atom. The van der Waals surface area contributed by atoms with Crippen LogP contribution in [0, 0.1) is 0 Å². The van der Waals surface area contributed by atoms with Crippen LogP contribution in [-0.4, -0.2) is 36.9 Å². The maximum Gasteiger partial charge on any atom is 0.200 e. The van der Waals surface area contributed by atoms with E-state index in [2.05, 4.69) is 21.8 Å². The van der Waals surface area contributed by atoms with Gasteiger partial charge < -0.3 is 19.4 Å². The second-order valence-electron chi connectivity index (χ2n) is 3.52. The van der Waals surface area contributed by atoms with Gasteiger partial charge in [-0.15, -0.1) is 0 Å². The van der Waals surface area contributed by atoms with Gasteiger partial charge in [-0.3, -0.25) is 0 Å². The first-order valence-electron chi connectivity index (χ1n) is 5.59. The zero-order valence-corrected chi connectivity index (χ0v) is 10.3. The fourth-order valence-electron chi connectivity index (χ4n) is 1.60. The molecule has 0 fully saturated rings. The topological polar surface area (TPSA) is 48.3 Å². The first-order chi connectivity index (χ1) is 7.83. The summed E-state index contributed by atoms with van der Waals surface area (Å²) < 4.78 is 12.5. The Bertz CT molecular complexity index is 285. The number of imidazole rings is 1. The molecule has 92 valence electrons. The predicted molar refractivity (Wildman–Crippen MR) is 62.1 cm³/mol. The van der Waals surface area contributed by atoms with E-state index in [4.69, 9.17) is 9.47 Å². The van der Waals surface area contributed by atoms with Gasteiger partial charge >= 0.3 is 0 Å². The van der Waals surface area contributed by atoms with Gasteiger partial charge in [-0.2, -0.15) is 0 Å². The van der Waals surface area contributed by atoms with Crippen molar-refractivity contribution in [1.29, 1.82) is 0 Å². The largest absolute Gasteiger partial charge is 0.350 e. The molecule has 0 spiro atoms. The van der Waals surface area contributed by atoms with Crippen LogP contribution in [0.1, 0.15) is 25.3 Å². The van der Waals surface area contributed by atoms with Crippen molar-refractivity contribution in [1.82, 2.24) is 14.9 Å².